The van der Waals surface area contributed by atoms with Gasteiger partial charge in [-0.2, -0.15) is 4.31 Å². The van der Waals surface area contributed by atoms with Gasteiger partial charge in [0.25, 0.3) is 0 Å². The number of nitrogens with zero attached hydrogens (tertiary/aromatic N) is 1. The summed E-state index contributed by atoms with van der Waals surface area (Å²) < 4.78 is 30.4. The number of methoxy groups -OCH3 is 1. The highest BCUT2D eigenvalue weighted by Gasteiger charge is 2.47. The highest BCUT2D eigenvalue weighted by molar-refractivity contribution is 7.89. The second-order valence-electron chi connectivity index (χ2n) is 4.46. The van der Waals surface area contributed by atoms with E-state index in [1.54, 1.807) is 6.92 Å². The summed E-state index contributed by atoms with van der Waals surface area (Å²) in [6.07, 6.45) is 0.493. The van der Waals surface area contributed by atoms with Crippen molar-refractivity contribution >= 4 is 27.3 Å². The Hall–Kier alpha value is -0.960. The number of thiophene rings is 1. The van der Waals surface area contributed by atoms with E-state index in [9.17, 15) is 18.3 Å². The quantitative estimate of drug-likeness (QED) is 0.827. The van der Waals surface area contributed by atoms with Gasteiger partial charge >= 0.3 is 5.97 Å². The van der Waals surface area contributed by atoms with Crippen LogP contribution < -0.4 is 0 Å². The third-order valence-corrected chi connectivity index (χ3v) is 6.07. The van der Waals surface area contributed by atoms with Gasteiger partial charge in [-0.3, -0.25) is 0 Å². The summed E-state index contributed by atoms with van der Waals surface area (Å²) in [6.45, 7) is 1.92. The number of carbonyl (C=O) groups is 1. The molecule has 0 unspecified atom stereocenters. The smallest absolute Gasteiger partial charge is 0.349 e. The van der Waals surface area contributed by atoms with Crippen LogP contribution in [-0.4, -0.2) is 49.6 Å². The first-order valence-electron chi connectivity index (χ1n) is 5.72. The molecule has 0 saturated carbocycles. The van der Waals surface area contributed by atoms with Crippen molar-refractivity contribution in [3.05, 3.63) is 16.3 Å². The first-order chi connectivity index (χ1) is 8.84. The van der Waals surface area contributed by atoms with Crippen LogP contribution in [0.1, 0.15) is 23.0 Å². The summed E-state index contributed by atoms with van der Waals surface area (Å²) in [5.74, 6) is -0.667. The Labute approximate surface area is 115 Å². The zero-order valence-electron chi connectivity index (χ0n) is 10.6. The van der Waals surface area contributed by atoms with Gasteiger partial charge in [0.1, 0.15) is 9.77 Å². The number of hydrogen-bond donors (Lipinski definition) is 1. The van der Waals surface area contributed by atoms with Crippen LogP contribution in [-0.2, 0) is 14.8 Å². The molecule has 0 aliphatic carbocycles. The molecular weight excluding hydrogens is 290 g/mol. The molecule has 0 bridgehead atoms. The lowest BCUT2D eigenvalue weighted by molar-refractivity contribution is -0.0613. The summed E-state index contributed by atoms with van der Waals surface area (Å²) in [7, 11) is -2.54. The molecule has 1 aromatic heterocycles. The van der Waals surface area contributed by atoms with E-state index >= 15 is 0 Å². The number of sulfonamides is 1. The fourth-order valence-electron chi connectivity index (χ4n) is 1.89. The lowest BCUT2D eigenvalue weighted by Crippen LogP contribution is -2.62. The zero-order chi connectivity index (χ0) is 14.3. The molecule has 106 valence electrons. The van der Waals surface area contributed by atoms with E-state index in [-0.39, 0.29) is 22.9 Å². The van der Waals surface area contributed by atoms with Crippen molar-refractivity contribution in [2.24, 2.45) is 0 Å². The molecule has 1 aliphatic rings. The van der Waals surface area contributed by atoms with Gasteiger partial charge in [0, 0.05) is 13.1 Å². The fraction of sp³-hybridized carbons (Fsp3) is 0.545. The number of ether oxygens (including phenoxy) is 1. The number of carbonyl (C=O) groups excluding carboxylic acids is 1. The average molecular weight is 305 g/mol. The second kappa shape index (κ2) is 4.86. The maximum atomic E-state index is 12.3. The third kappa shape index (κ3) is 2.40. The third-order valence-electron chi connectivity index (χ3n) is 3.22. The van der Waals surface area contributed by atoms with Crippen molar-refractivity contribution in [1.29, 1.82) is 0 Å². The molecule has 0 spiro atoms. The van der Waals surface area contributed by atoms with E-state index < -0.39 is 21.6 Å². The molecular formula is C11H15NO5S2. The predicted octanol–water partition coefficient (Wildman–Crippen LogP) is 0.680. The van der Waals surface area contributed by atoms with E-state index in [1.807, 2.05) is 0 Å². The van der Waals surface area contributed by atoms with Gasteiger partial charge in [0.15, 0.2) is 0 Å². The van der Waals surface area contributed by atoms with Crippen LogP contribution >= 0.6 is 11.3 Å². The molecule has 1 saturated heterocycles. The molecule has 0 radical (unpaired) electrons. The van der Waals surface area contributed by atoms with Crippen molar-refractivity contribution < 1.29 is 23.1 Å². The SMILES string of the molecule is CCC1(O)CN(S(=O)(=O)c2ccsc2C(=O)OC)C1. The number of hydrogen-bond acceptors (Lipinski definition) is 6. The minimum Gasteiger partial charge on any atom is -0.465 e. The van der Waals surface area contributed by atoms with Crippen molar-refractivity contribution in [3.63, 3.8) is 0 Å². The first kappa shape index (κ1) is 14.4. The largest absolute Gasteiger partial charge is 0.465 e. The highest BCUT2D eigenvalue weighted by Crippen LogP contribution is 2.33. The first-order valence-corrected chi connectivity index (χ1v) is 8.04. The lowest BCUT2D eigenvalue weighted by Gasteiger charge is -2.44. The molecule has 19 heavy (non-hydrogen) atoms. The Kier molecular flexibility index (Phi) is 3.69. The van der Waals surface area contributed by atoms with E-state index in [2.05, 4.69) is 4.74 Å². The monoisotopic (exact) mass is 305 g/mol. The molecule has 0 amide bonds. The van der Waals surface area contributed by atoms with Crippen LogP contribution in [0.3, 0.4) is 0 Å². The Balaban J connectivity index is 2.28. The number of aliphatic hydroxyl groups is 1. The standard InChI is InChI=1S/C11H15NO5S2/c1-3-11(14)6-12(7-11)19(15,16)8-4-5-18-9(8)10(13)17-2/h4-5,14H,3,6-7H2,1-2H3. The topological polar surface area (TPSA) is 83.9 Å². The van der Waals surface area contributed by atoms with Crippen molar-refractivity contribution in [3.8, 4) is 0 Å². The molecule has 2 heterocycles. The summed E-state index contributed by atoms with van der Waals surface area (Å²) in [5.41, 5.74) is -0.950. The zero-order valence-corrected chi connectivity index (χ0v) is 12.3. The van der Waals surface area contributed by atoms with Crippen LogP contribution in [0.4, 0.5) is 0 Å². The minimum atomic E-state index is -3.74. The maximum Gasteiger partial charge on any atom is 0.349 e. The van der Waals surface area contributed by atoms with Crippen LogP contribution in [0.2, 0.25) is 0 Å². The van der Waals surface area contributed by atoms with E-state index in [0.717, 1.165) is 11.3 Å². The summed E-state index contributed by atoms with van der Waals surface area (Å²) in [5, 5.41) is 11.4. The molecule has 1 aromatic rings. The average Bonchev–Trinajstić information content (AvgIpc) is 2.83. The molecule has 1 N–H and O–H groups in total. The molecule has 1 aliphatic heterocycles. The van der Waals surface area contributed by atoms with Crippen molar-refractivity contribution in [2.75, 3.05) is 20.2 Å². The summed E-state index contributed by atoms with van der Waals surface area (Å²) >= 11 is 1.02. The van der Waals surface area contributed by atoms with Crippen LogP contribution in [0.15, 0.2) is 16.3 Å². The molecule has 8 heteroatoms. The number of rotatable bonds is 4. The van der Waals surface area contributed by atoms with E-state index in [0.29, 0.717) is 6.42 Å². The van der Waals surface area contributed by atoms with Crippen molar-refractivity contribution in [2.45, 2.75) is 23.8 Å². The summed E-state index contributed by atoms with van der Waals surface area (Å²) in [6, 6.07) is 1.38. The van der Waals surface area contributed by atoms with Crippen LogP contribution in [0.25, 0.3) is 0 Å². The Morgan fingerprint density at radius 2 is 2.21 bits per heavy atom. The Bertz CT molecular complexity index is 586. The Morgan fingerprint density at radius 1 is 1.58 bits per heavy atom. The van der Waals surface area contributed by atoms with Gasteiger partial charge in [-0.1, -0.05) is 6.92 Å². The molecule has 2 rings (SSSR count). The van der Waals surface area contributed by atoms with Crippen LogP contribution in [0, 0.1) is 0 Å². The predicted molar refractivity (Wildman–Crippen MR) is 69.7 cm³/mol. The van der Waals surface area contributed by atoms with Gasteiger partial charge in [-0.05, 0) is 17.9 Å². The highest BCUT2D eigenvalue weighted by atomic mass is 32.2. The number of esters is 1. The van der Waals surface area contributed by atoms with Gasteiger partial charge in [-0.15, -0.1) is 11.3 Å². The summed E-state index contributed by atoms with van der Waals surface area (Å²) in [4.78, 5) is 11.5. The lowest BCUT2D eigenvalue weighted by atomic mass is 9.94. The molecule has 0 atom stereocenters. The maximum absolute atomic E-state index is 12.3. The van der Waals surface area contributed by atoms with Gasteiger partial charge in [0.05, 0.1) is 12.7 Å². The van der Waals surface area contributed by atoms with Crippen LogP contribution in [0.5, 0.6) is 0 Å². The Morgan fingerprint density at radius 3 is 2.74 bits per heavy atom. The van der Waals surface area contributed by atoms with Crippen molar-refractivity contribution in [1.82, 2.24) is 4.31 Å². The number of β-amino-alcohol motifs (C(OH)–C–C–N with tert-alkyl or cyclic N) is 1. The fourth-order valence-corrected chi connectivity index (χ4v) is 4.79. The molecule has 6 nitrogen and oxygen atoms in total. The van der Waals surface area contributed by atoms with Gasteiger partial charge < -0.3 is 9.84 Å². The minimum absolute atomic E-state index is 0.0532. The molecule has 0 aromatic carbocycles. The van der Waals surface area contributed by atoms with E-state index in [1.165, 1.54) is 22.9 Å². The van der Waals surface area contributed by atoms with E-state index in [4.69, 9.17) is 0 Å². The molecule has 1 fully saturated rings. The van der Waals surface area contributed by atoms with Gasteiger partial charge in [0.2, 0.25) is 10.0 Å². The second-order valence-corrected chi connectivity index (χ2v) is 7.28. The van der Waals surface area contributed by atoms with Gasteiger partial charge in [-0.25, -0.2) is 13.2 Å². The normalized spacial score (nSPS) is 18.9.